The van der Waals surface area contributed by atoms with Crippen molar-refractivity contribution in [2.75, 3.05) is 13.6 Å². The van der Waals surface area contributed by atoms with E-state index in [4.69, 9.17) is 0 Å². The van der Waals surface area contributed by atoms with Gasteiger partial charge in [0.25, 0.3) is 0 Å². The van der Waals surface area contributed by atoms with Crippen molar-refractivity contribution in [2.45, 2.75) is 6.42 Å². The van der Waals surface area contributed by atoms with Gasteiger partial charge in [0.1, 0.15) is 5.83 Å². The molecule has 0 aromatic carbocycles. The molecule has 0 aromatic rings. The molecule has 56 valence electrons. The summed E-state index contributed by atoms with van der Waals surface area (Å²) in [6.07, 6.45) is 5.89. The Morgan fingerprint density at radius 3 is 3.10 bits per heavy atom. The monoisotopic (exact) mass is 141 g/mol. The molecule has 0 amide bonds. The van der Waals surface area contributed by atoms with Crippen LogP contribution in [-0.4, -0.2) is 13.6 Å². The lowest BCUT2D eigenvalue weighted by molar-refractivity contribution is 0.571. The SMILES string of the molecule is CNCC1C=CC(F)=CC1. The molecule has 2 heteroatoms. The third-order valence-electron chi connectivity index (χ3n) is 1.61. The molecule has 10 heavy (non-hydrogen) atoms. The van der Waals surface area contributed by atoms with E-state index in [1.165, 1.54) is 6.08 Å². The number of hydrogen-bond donors (Lipinski definition) is 1. The van der Waals surface area contributed by atoms with Crippen LogP contribution in [0.25, 0.3) is 0 Å². The minimum atomic E-state index is -0.104. The molecule has 1 aliphatic carbocycles. The summed E-state index contributed by atoms with van der Waals surface area (Å²) in [5.41, 5.74) is 0. The van der Waals surface area contributed by atoms with Gasteiger partial charge in [-0.25, -0.2) is 4.39 Å². The molecule has 1 rings (SSSR count). The minimum Gasteiger partial charge on any atom is -0.319 e. The Balaban J connectivity index is 2.37. The highest BCUT2D eigenvalue weighted by Crippen LogP contribution is 2.15. The molecule has 1 atom stereocenters. The van der Waals surface area contributed by atoms with Crippen LogP contribution in [0.4, 0.5) is 4.39 Å². The van der Waals surface area contributed by atoms with E-state index < -0.39 is 0 Å². The van der Waals surface area contributed by atoms with Gasteiger partial charge >= 0.3 is 0 Å². The maximum Gasteiger partial charge on any atom is 0.118 e. The van der Waals surface area contributed by atoms with Crippen molar-refractivity contribution in [1.82, 2.24) is 5.32 Å². The van der Waals surface area contributed by atoms with E-state index in [0.29, 0.717) is 5.92 Å². The van der Waals surface area contributed by atoms with Crippen molar-refractivity contribution in [2.24, 2.45) is 5.92 Å². The van der Waals surface area contributed by atoms with Crippen LogP contribution in [0.2, 0.25) is 0 Å². The third-order valence-corrected chi connectivity index (χ3v) is 1.61. The molecule has 0 radical (unpaired) electrons. The summed E-state index contributed by atoms with van der Waals surface area (Å²) < 4.78 is 12.4. The van der Waals surface area contributed by atoms with Crippen LogP contribution in [0.5, 0.6) is 0 Å². The molecule has 0 spiro atoms. The molecule has 0 saturated carbocycles. The van der Waals surface area contributed by atoms with Crippen LogP contribution in [-0.2, 0) is 0 Å². The largest absolute Gasteiger partial charge is 0.319 e. The van der Waals surface area contributed by atoms with Crippen LogP contribution >= 0.6 is 0 Å². The number of rotatable bonds is 2. The molecule has 0 heterocycles. The van der Waals surface area contributed by atoms with Crippen LogP contribution in [0, 0.1) is 5.92 Å². The van der Waals surface area contributed by atoms with Gasteiger partial charge in [-0.15, -0.1) is 0 Å². The van der Waals surface area contributed by atoms with Crippen LogP contribution in [0.3, 0.4) is 0 Å². The highest BCUT2D eigenvalue weighted by molar-refractivity contribution is 5.17. The molecule has 1 unspecified atom stereocenters. The summed E-state index contributed by atoms with van der Waals surface area (Å²) in [7, 11) is 1.91. The van der Waals surface area contributed by atoms with Gasteiger partial charge in [-0.3, -0.25) is 0 Å². The highest BCUT2D eigenvalue weighted by atomic mass is 19.1. The zero-order valence-corrected chi connectivity index (χ0v) is 6.10. The average Bonchev–Trinajstić information content (AvgIpc) is 1.95. The molecule has 0 fully saturated rings. The van der Waals surface area contributed by atoms with Gasteiger partial charge in [0.15, 0.2) is 0 Å². The predicted molar refractivity (Wildman–Crippen MR) is 40.4 cm³/mol. The average molecular weight is 141 g/mol. The minimum absolute atomic E-state index is 0.104. The van der Waals surface area contributed by atoms with Gasteiger partial charge in [0.2, 0.25) is 0 Å². The van der Waals surface area contributed by atoms with Crippen molar-refractivity contribution in [1.29, 1.82) is 0 Å². The molecule has 0 aromatic heterocycles. The standard InChI is InChI=1S/C8H12FN/c1-10-6-7-2-4-8(9)5-3-7/h2,4-5,7,10H,3,6H2,1H3. The zero-order chi connectivity index (χ0) is 7.40. The lowest BCUT2D eigenvalue weighted by atomic mass is 10.0. The van der Waals surface area contributed by atoms with Crippen LogP contribution in [0.15, 0.2) is 24.1 Å². The summed E-state index contributed by atoms with van der Waals surface area (Å²) in [4.78, 5) is 0. The maximum atomic E-state index is 12.4. The molecule has 0 saturated heterocycles. The van der Waals surface area contributed by atoms with Crippen LogP contribution in [0.1, 0.15) is 6.42 Å². The fourth-order valence-electron chi connectivity index (χ4n) is 1.05. The quantitative estimate of drug-likeness (QED) is 0.616. The van der Waals surface area contributed by atoms with E-state index in [1.54, 1.807) is 6.08 Å². The van der Waals surface area contributed by atoms with E-state index in [2.05, 4.69) is 5.32 Å². The van der Waals surface area contributed by atoms with Gasteiger partial charge < -0.3 is 5.32 Å². The van der Waals surface area contributed by atoms with E-state index in [-0.39, 0.29) is 5.83 Å². The summed E-state index contributed by atoms with van der Waals surface area (Å²) in [5.74, 6) is 0.372. The van der Waals surface area contributed by atoms with Crippen LogP contribution < -0.4 is 5.32 Å². The maximum absolute atomic E-state index is 12.4. The topological polar surface area (TPSA) is 12.0 Å². The van der Waals surface area contributed by atoms with Crippen molar-refractivity contribution >= 4 is 0 Å². The number of halogens is 1. The van der Waals surface area contributed by atoms with E-state index in [1.807, 2.05) is 13.1 Å². The first-order chi connectivity index (χ1) is 4.83. The first kappa shape index (κ1) is 7.48. The normalized spacial score (nSPS) is 24.6. The van der Waals surface area contributed by atoms with Gasteiger partial charge in [-0.05, 0) is 31.5 Å². The van der Waals surface area contributed by atoms with Gasteiger partial charge in [0.05, 0.1) is 0 Å². The lowest BCUT2D eigenvalue weighted by Gasteiger charge is -2.11. The molecule has 1 nitrogen and oxygen atoms in total. The van der Waals surface area contributed by atoms with Gasteiger partial charge in [-0.2, -0.15) is 0 Å². The Morgan fingerprint density at radius 2 is 2.60 bits per heavy atom. The molecular weight excluding hydrogens is 129 g/mol. The first-order valence-corrected chi connectivity index (χ1v) is 3.51. The zero-order valence-electron chi connectivity index (χ0n) is 6.10. The van der Waals surface area contributed by atoms with Crippen molar-refractivity contribution in [3.63, 3.8) is 0 Å². The number of allylic oxidation sites excluding steroid dienone is 3. The molecule has 1 aliphatic rings. The molecule has 0 bridgehead atoms. The summed E-state index contributed by atoms with van der Waals surface area (Å²) >= 11 is 0. The summed E-state index contributed by atoms with van der Waals surface area (Å²) in [6, 6.07) is 0. The van der Waals surface area contributed by atoms with Crippen molar-refractivity contribution in [3.8, 4) is 0 Å². The number of nitrogens with one attached hydrogen (secondary N) is 1. The molecular formula is C8H12FN. The summed E-state index contributed by atoms with van der Waals surface area (Å²) in [6.45, 7) is 0.931. The Bertz CT molecular complexity index is 161. The Kier molecular flexibility index (Phi) is 2.63. The molecule has 1 N–H and O–H groups in total. The number of hydrogen-bond acceptors (Lipinski definition) is 1. The summed E-state index contributed by atoms with van der Waals surface area (Å²) in [5, 5.41) is 3.05. The second-order valence-electron chi connectivity index (χ2n) is 2.50. The second-order valence-corrected chi connectivity index (χ2v) is 2.50. The van der Waals surface area contributed by atoms with E-state index >= 15 is 0 Å². The Morgan fingerprint density at radius 1 is 1.80 bits per heavy atom. The lowest BCUT2D eigenvalue weighted by Crippen LogP contribution is -2.17. The fourth-order valence-corrected chi connectivity index (χ4v) is 1.05. The Hall–Kier alpha value is -0.630. The fraction of sp³-hybridized carbons (Fsp3) is 0.500. The highest BCUT2D eigenvalue weighted by Gasteiger charge is 2.05. The first-order valence-electron chi connectivity index (χ1n) is 3.51. The predicted octanol–water partition coefficient (Wildman–Crippen LogP) is 1.64. The van der Waals surface area contributed by atoms with Crippen molar-refractivity contribution in [3.05, 3.63) is 24.1 Å². The van der Waals surface area contributed by atoms with Crippen molar-refractivity contribution < 1.29 is 4.39 Å². The third kappa shape index (κ3) is 1.95. The Labute approximate surface area is 60.6 Å². The van der Waals surface area contributed by atoms with E-state index in [9.17, 15) is 4.39 Å². The second kappa shape index (κ2) is 3.52. The smallest absolute Gasteiger partial charge is 0.118 e. The van der Waals surface area contributed by atoms with E-state index in [0.717, 1.165) is 13.0 Å². The van der Waals surface area contributed by atoms with Gasteiger partial charge in [-0.1, -0.05) is 6.08 Å². The molecule has 0 aliphatic heterocycles. The van der Waals surface area contributed by atoms with Gasteiger partial charge in [0, 0.05) is 6.54 Å².